The monoisotopic (exact) mass is 1370 g/mol. The van der Waals surface area contributed by atoms with Gasteiger partial charge < -0.3 is 56.2 Å². The van der Waals surface area contributed by atoms with Crippen LogP contribution in [0.3, 0.4) is 0 Å². The Morgan fingerprint density at radius 1 is 0.542 bits per heavy atom. The van der Waals surface area contributed by atoms with Crippen molar-refractivity contribution >= 4 is 64.3 Å². The molecule has 540 valence electrons. The number of nitrogens with one attached hydrogen (secondary N) is 1. The Morgan fingerprint density at radius 3 is 1.30 bits per heavy atom. The maximum absolute atomic E-state index is 13.2. The average molecular weight is 1380 g/mol. The van der Waals surface area contributed by atoms with Crippen molar-refractivity contribution < 1.29 is 75.4 Å². The second-order valence-corrected chi connectivity index (χ2v) is 42.9. The number of cyclic esters (lactones) is 2. The number of ether oxygens (including phenoxy) is 10. The van der Waals surface area contributed by atoms with Crippen LogP contribution < -0.4 is 19.7 Å². The molecule has 10 atom stereocenters. The number of esters is 2. The molecule has 1 N–H and O–H groups in total. The Morgan fingerprint density at radius 2 is 0.927 bits per heavy atom. The molecule has 20 heteroatoms. The summed E-state index contributed by atoms with van der Waals surface area (Å²) >= 11 is 0. The highest BCUT2D eigenvalue weighted by atomic mass is 28.4. The fraction of sp³-hybridized carbons (Fsp3) is 0.684. The van der Waals surface area contributed by atoms with Gasteiger partial charge in [-0.1, -0.05) is 118 Å². The van der Waals surface area contributed by atoms with Gasteiger partial charge in [-0.15, -0.1) is 0 Å². The maximum Gasteiger partial charge on any atom is 0.414 e. The zero-order valence-electron chi connectivity index (χ0n) is 64.3. The summed E-state index contributed by atoms with van der Waals surface area (Å²) in [4.78, 5) is 53.6. The number of rotatable bonds is 21. The molecule has 2 saturated heterocycles. The van der Waals surface area contributed by atoms with Crippen LogP contribution in [0.5, 0.6) is 11.5 Å². The van der Waals surface area contributed by atoms with Gasteiger partial charge in [0.1, 0.15) is 33.8 Å². The summed E-state index contributed by atoms with van der Waals surface area (Å²) in [6.45, 7) is 63.2. The molecule has 6 rings (SSSR count). The summed E-state index contributed by atoms with van der Waals surface area (Å²) in [6.07, 6.45) is 15.9. The van der Waals surface area contributed by atoms with Crippen molar-refractivity contribution in [3.05, 3.63) is 83.0 Å². The maximum atomic E-state index is 13.2. The minimum atomic E-state index is -1.88. The van der Waals surface area contributed by atoms with Gasteiger partial charge in [-0.25, -0.2) is 19.2 Å². The van der Waals surface area contributed by atoms with E-state index in [1.54, 1.807) is 72.7 Å². The van der Waals surface area contributed by atoms with E-state index < -0.39 is 75.1 Å². The predicted octanol–water partition coefficient (Wildman–Crippen LogP) is 19.4. The molecule has 2 aromatic carbocycles. The molecule has 2 aromatic rings. The number of hydrogen-bond acceptors (Lipinski definition) is 16. The van der Waals surface area contributed by atoms with Gasteiger partial charge in [0.2, 0.25) is 11.6 Å². The van der Waals surface area contributed by atoms with E-state index in [0.717, 1.165) is 0 Å². The first kappa shape index (κ1) is 81.3. The molecule has 4 heterocycles. The molecular formula is C76H122N2O16Si2. The Bertz CT molecular complexity index is 3170. The van der Waals surface area contributed by atoms with Crippen molar-refractivity contribution in [1.82, 2.24) is 0 Å². The lowest BCUT2D eigenvalue weighted by molar-refractivity contribution is -0.148. The molecule has 0 spiro atoms. The van der Waals surface area contributed by atoms with Crippen LogP contribution in [-0.4, -0.2) is 118 Å². The van der Waals surface area contributed by atoms with Crippen molar-refractivity contribution in [2.75, 3.05) is 16.8 Å². The van der Waals surface area contributed by atoms with Crippen LogP contribution in [0.25, 0.3) is 12.2 Å². The van der Waals surface area contributed by atoms with E-state index in [9.17, 15) is 19.2 Å². The number of benzene rings is 2. The van der Waals surface area contributed by atoms with Gasteiger partial charge in [0.05, 0.1) is 30.1 Å². The smallest absolute Gasteiger partial charge is 0.414 e. The first-order valence-corrected chi connectivity index (χ1v) is 40.3. The van der Waals surface area contributed by atoms with Crippen molar-refractivity contribution in [2.45, 2.75) is 307 Å². The summed E-state index contributed by atoms with van der Waals surface area (Å²) in [5.74, 6) is -3.49. The lowest BCUT2D eigenvalue weighted by atomic mass is 9.94. The molecule has 0 aliphatic carbocycles. The van der Waals surface area contributed by atoms with Gasteiger partial charge in [0, 0.05) is 76.1 Å². The summed E-state index contributed by atoms with van der Waals surface area (Å²) in [6, 6.07) is 6.80. The van der Waals surface area contributed by atoms with E-state index in [-0.39, 0.29) is 75.9 Å². The van der Waals surface area contributed by atoms with Crippen molar-refractivity contribution in [2.24, 2.45) is 23.7 Å². The summed E-state index contributed by atoms with van der Waals surface area (Å²) < 4.78 is 73.1. The third kappa shape index (κ3) is 22.9. The van der Waals surface area contributed by atoms with Gasteiger partial charge in [-0.05, 0) is 174 Å². The van der Waals surface area contributed by atoms with Crippen LogP contribution in [-0.2, 0) is 46.7 Å². The third-order valence-corrected chi connectivity index (χ3v) is 27.4. The van der Waals surface area contributed by atoms with Gasteiger partial charge in [0.15, 0.2) is 28.2 Å². The minimum absolute atomic E-state index is 0.0799. The Balaban J connectivity index is 0.000000348. The fourth-order valence-electron chi connectivity index (χ4n) is 11.0. The average Bonchev–Trinajstić information content (AvgIpc) is 1.14. The Kier molecular flexibility index (Phi) is 26.0. The fourth-order valence-corrected chi connectivity index (χ4v) is 14.0. The standard InChI is InChI=1S/C39H63NO8Si.C37H59NO8Si/c1-17-40(35(42)47-36(5,6)7)29-23-28(32-31(24-29)44-39(13,14)46-34(32)41)19-18-20-30-33(45-38(11,12)43-30)26(3)22-21-25(2)27(4)48-49(15,16)37(8,9)10;1-23(25(3)46-47(14,15)35(7,8)9)19-20-24(2)31-28(41-36(10,11)43-31)18-16-17-26-21-27(38-33(40)45-34(4,5)6)22-29-30(26)32(39)44-37(12,13)42-29/h18-19,21-27,30,33H,17,20H2,1-16H3;16-17,19-25,28,31H,18H2,1-15H3,(H,38,40)/b19-18+,22-21-;17-16+,20-19-/t25-,26?,27+,30+,33-;23-,24?,25+,28+,31-/m11/s1. The topological polar surface area (TPSA) is 194 Å². The minimum Gasteiger partial charge on any atom is -0.452 e. The first-order valence-electron chi connectivity index (χ1n) is 34.5. The predicted molar refractivity (Wildman–Crippen MR) is 388 cm³/mol. The molecule has 2 unspecified atom stereocenters. The van der Waals surface area contributed by atoms with Crippen LogP contribution >= 0.6 is 0 Å². The molecule has 0 aromatic heterocycles. The highest BCUT2D eigenvalue weighted by Gasteiger charge is 2.46. The summed E-state index contributed by atoms with van der Waals surface area (Å²) in [5.41, 5.74) is 1.36. The van der Waals surface area contributed by atoms with Gasteiger partial charge in [-0.3, -0.25) is 10.2 Å². The highest BCUT2D eigenvalue weighted by Crippen LogP contribution is 2.44. The highest BCUT2D eigenvalue weighted by molar-refractivity contribution is 6.74. The zero-order valence-corrected chi connectivity index (χ0v) is 66.3. The summed E-state index contributed by atoms with van der Waals surface area (Å²) in [7, 11) is -3.76. The second-order valence-electron chi connectivity index (χ2n) is 33.4. The van der Waals surface area contributed by atoms with Gasteiger partial charge >= 0.3 is 24.1 Å². The Labute approximate surface area is 578 Å². The van der Waals surface area contributed by atoms with Crippen LogP contribution in [0.2, 0.25) is 36.3 Å². The molecule has 0 radical (unpaired) electrons. The molecule has 2 fully saturated rings. The number of hydrogen-bond donors (Lipinski definition) is 1. The van der Waals surface area contributed by atoms with Gasteiger partial charge in [0.25, 0.3) is 0 Å². The molecule has 18 nitrogen and oxygen atoms in total. The first-order chi connectivity index (χ1) is 43.5. The molecule has 4 aliphatic heterocycles. The number of nitrogens with zero attached hydrogens (tertiary/aromatic N) is 1. The van der Waals surface area contributed by atoms with Crippen LogP contribution in [0.1, 0.15) is 232 Å². The SMILES string of the molecule is CC(/C=C\[C@@H](C)[C@H](C)O[Si](C)(C)C(C)(C)C)[C@H]1OC(C)(C)O[C@H]1C/C=C/c1cc(NC(=O)OC(C)(C)C)cc2c1C(=O)OC(C)(C)O2.CCN(C(=O)OC(C)(C)C)c1cc(/C=C/C[C@@H]2OC(C)(C)O[C@@H]2C(C)/C=C\[C@@H](C)[C@H](C)O[Si](C)(C)C(C)(C)C)c2c(c1)OC(C)(C)OC2=O. The number of anilines is 2. The van der Waals surface area contributed by atoms with E-state index in [1.165, 1.54) is 4.90 Å². The molecule has 0 bridgehead atoms. The second kappa shape index (κ2) is 30.7. The molecular weight excluding hydrogens is 1250 g/mol. The van der Waals surface area contributed by atoms with Crippen molar-refractivity contribution in [1.29, 1.82) is 0 Å². The molecule has 2 amide bonds. The number of amides is 2. The normalized spacial score (nSPS) is 22.9. The van der Waals surface area contributed by atoms with E-state index in [4.69, 9.17) is 56.2 Å². The van der Waals surface area contributed by atoms with Crippen molar-refractivity contribution in [3.8, 4) is 11.5 Å². The quantitative estimate of drug-likeness (QED) is 0.0536. The van der Waals surface area contributed by atoms with Crippen LogP contribution in [0, 0.1) is 23.7 Å². The number of fused-ring (bicyclic) bond motifs is 2. The van der Waals surface area contributed by atoms with Crippen molar-refractivity contribution in [3.63, 3.8) is 0 Å². The van der Waals surface area contributed by atoms with Crippen LogP contribution in [0.4, 0.5) is 21.0 Å². The number of carbonyl (C=O) groups excluding carboxylic acids is 4. The van der Waals surface area contributed by atoms with E-state index in [0.29, 0.717) is 59.0 Å². The molecule has 0 saturated carbocycles. The third-order valence-electron chi connectivity index (χ3n) is 18.2. The molecule has 4 aliphatic rings. The van der Waals surface area contributed by atoms with E-state index >= 15 is 0 Å². The van der Waals surface area contributed by atoms with E-state index in [1.807, 2.05) is 79.7 Å². The summed E-state index contributed by atoms with van der Waals surface area (Å²) in [5, 5.41) is 3.06. The van der Waals surface area contributed by atoms with E-state index in [2.05, 4.69) is 139 Å². The van der Waals surface area contributed by atoms with Gasteiger partial charge in [-0.2, -0.15) is 0 Å². The lowest BCUT2D eigenvalue weighted by Gasteiger charge is -2.39. The zero-order chi connectivity index (χ0) is 73.1. The largest absolute Gasteiger partial charge is 0.452 e. The lowest BCUT2D eigenvalue weighted by Crippen LogP contribution is -2.44. The van der Waals surface area contributed by atoms with Crippen LogP contribution in [0.15, 0.2) is 60.7 Å². The Hall–Kier alpha value is -5.33. The number of carbonyl (C=O) groups is 4. The molecule has 96 heavy (non-hydrogen) atoms.